The number of hydrogen-bond acceptors (Lipinski definition) is 5. The van der Waals surface area contributed by atoms with Crippen LogP contribution in [0.1, 0.15) is 16.7 Å². The first-order chi connectivity index (χ1) is 15.6. The van der Waals surface area contributed by atoms with Crippen LogP contribution in [-0.2, 0) is 14.8 Å². The number of hydrogen-bond donors (Lipinski definition) is 2. The zero-order valence-electron chi connectivity index (χ0n) is 17.8. The van der Waals surface area contributed by atoms with E-state index in [1.807, 2.05) is 13.0 Å². The van der Waals surface area contributed by atoms with Crippen LogP contribution in [0.3, 0.4) is 0 Å². The molecule has 0 saturated carbocycles. The molecule has 33 heavy (non-hydrogen) atoms. The zero-order chi connectivity index (χ0) is 24.2. The number of anilines is 1. The number of amides is 1. The summed E-state index contributed by atoms with van der Waals surface area (Å²) in [6, 6.07) is 16.5. The van der Waals surface area contributed by atoms with Gasteiger partial charge in [-0.2, -0.15) is 5.10 Å². The molecule has 0 spiro atoms. The summed E-state index contributed by atoms with van der Waals surface area (Å²) in [5.74, 6) is -0.681. The van der Waals surface area contributed by atoms with Crippen LogP contribution in [0.2, 0.25) is 0 Å². The van der Waals surface area contributed by atoms with E-state index in [0.29, 0.717) is 20.2 Å². The molecule has 0 heterocycles. The van der Waals surface area contributed by atoms with E-state index in [4.69, 9.17) is 0 Å². The summed E-state index contributed by atoms with van der Waals surface area (Å²) in [6.45, 7) is 3.22. The van der Waals surface area contributed by atoms with Crippen LogP contribution in [0.25, 0.3) is 0 Å². The van der Waals surface area contributed by atoms with Crippen molar-refractivity contribution in [3.8, 4) is 5.75 Å². The Morgan fingerprint density at radius 1 is 1.09 bits per heavy atom. The van der Waals surface area contributed by atoms with E-state index in [1.54, 1.807) is 49.4 Å². The van der Waals surface area contributed by atoms with Crippen molar-refractivity contribution in [2.24, 2.45) is 5.10 Å². The highest BCUT2D eigenvalue weighted by atomic mass is 79.9. The van der Waals surface area contributed by atoms with Crippen molar-refractivity contribution in [2.45, 2.75) is 18.7 Å². The number of rotatable bonds is 7. The molecule has 0 aliphatic heterocycles. The number of aromatic hydroxyl groups is 1. The fraction of sp³-hybridized carbons (Fsp3) is 0.130. The average Bonchev–Trinajstić information content (AvgIpc) is 2.76. The van der Waals surface area contributed by atoms with Crippen molar-refractivity contribution in [3.63, 3.8) is 0 Å². The molecule has 0 saturated heterocycles. The molecule has 0 aliphatic rings. The Kier molecular flexibility index (Phi) is 7.93. The van der Waals surface area contributed by atoms with Crippen molar-refractivity contribution in [1.29, 1.82) is 0 Å². The van der Waals surface area contributed by atoms with Crippen LogP contribution < -0.4 is 9.73 Å². The monoisotopic (exact) mass is 593 g/mol. The maximum Gasteiger partial charge on any atom is 0.264 e. The minimum absolute atomic E-state index is 0.0419. The zero-order valence-corrected chi connectivity index (χ0v) is 21.8. The first-order valence-electron chi connectivity index (χ1n) is 9.74. The highest BCUT2D eigenvalue weighted by Gasteiger charge is 2.28. The van der Waals surface area contributed by atoms with Crippen molar-refractivity contribution in [2.75, 3.05) is 10.8 Å². The van der Waals surface area contributed by atoms with E-state index in [9.17, 15) is 18.3 Å². The largest absolute Gasteiger partial charge is 0.506 e. The van der Waals surface area contributed by atoms with Crippen LogP contribution in [0.15, 0.2) is 79.6 Å². The van der Waals surface area contributed by atoms with E-state index in [1.165, 1.54) is 18.3 Å². The van der Waals surface area contributed by atoms with Gasteiger partial charge < -0.3 is 5.11 Å². The summed E-state index contributed by atoms with van der Waals surface area (Å²) in [5.41, 5.74) is 4.79. The molecule has 0 atom stereocenters. The molecule has 3 aromatic carbocycles. The van der Waals surface area contributed by atoms with Gasteiger partial charge in [-0.05, 0) is 65.7 Å². The molecule has 2 N–H and O–H groups in total. The molecule has 1 amide bonds. The number of hydrazone groups is 1. The number of phenols is 1. The van der Waals surface area contributed by atoms with Gasteiger partial charge in [0.25, 0.3) is 15.9 Å². The summed E-state index contributed by atoms with van der Waals surface area (Å²) in [4.78, 5) is 12.8. The van der Waals surface area contributed by atoms with Crippen molar-refractivity contribution in [1.82, 2.24) is 5.43 Å². The lowest BCUT2D eigenvalue weighted by atomic mass is 10.1. The third kappa shape index (κ3) is 6.01. The standard InChI is InChI=1S/C23H21Br2N3O4S/c1-15-8-9-21(16(2)10-15)28(33(31,32)19-6-4-3-5-7-19)14-22(29)27-26-13-17-11-18(24)12-20(25)23(17)30/h3-13,30H,14H2,1-2H3,(H,27,29)/b26-13+. The van der Waals surface area contributed by atoms with E-state index in [-0.39, 0.29) is 10.6 Å². The number of aryl methyl sites for hydroxylation is 2. The van der Waals surface area contributed by atoms with Crippen LogP contribution in [0.5, 0.6) is 5.75 Å². The van der Waals surface area contributed by atoms with E-state index in [2.05, 4.69) is 42.4 Å². The van der Waals surface area contributed by atoms with Gasteiger partial charge in [-0.3, -0.25) is 9.10 Å². The third-order valence-corrected chi connectivity index (χ3v) is 7.53. The molecular weight excluding hydrogens is 574 g/mol. The normalized spacial score (nSPS) is 11.5. The maximum atomic E-state index is 13.4. The minimum atomic E-state index is -4.01. The SMILES string of the molecule is Cc1ccc(N(CC(=O)N/N=C/c2cc(Br)cc(Br)c2O)S(=O)(=O)c2ccccc2)c(C)c1. The van der Waals surface area contributed by atoms with Gasteiger partial charge in [0.05, 0.1) is 21.3 Å². The Balaban J connectivity index is 1.88. The number of carbonyl (C=O) groups is 1. The van der Waals surface area contributed by atoms with Gasteiger partial charge >= 0.3 is 0 Å². The summed E-state index contributed by atoms with van der Waals surface area (Å²) < 4.78 is 29.0. The second kappa shape index (κ2) is 10.5. The number of nitrogens with zero attached hydrogens (tertiary/aromatic N) is 2. The Bertz CT molecular complexity index is 1310. The molecule has 3 rings (SSSR count). The predicted molar refractivity (Wildman–Crippen MR) is 136 cm³/mol. The first-order valence-corrected chi connectivity index (χ1v) is 12.8. The van der Waals surface area contributed by atoms with Gasteiger partial charge in [-0.25, -0.2) is 13.8 Å². The Labute approximate surface area is 209 Å². The fourth-order valence-electron chi connectivity index (χ4n) is 3.13. The number of phenolic OH excluding ortho intramolecular Hbond substituents is 1. The van der Waals surface area contributed by atoms with Crippen molar-refractivity contribution in [3.05, 3.63) is 86.3 Å². The van der Waals surface area contributed by atoms with Gasteiger partial charge in [-0.1, -0.05) is 51.8 Å². The lowest BCUT2D eigenvalue weighted by Crippen LogP contribution is -2.40. The smallest absolute Gasteiger partial charge is 0.264 e. The lowest BCUT2D eigenvalue weighted by molar-refractivity contribution is -0.119. The summed E-state index contributed by atoms with van der Waals surface area (Å²) in [7, 11) is -4.01. The maximum absolute atomic E-state index is 13.4. The van der Waals surface area contributed by atoms with Gasteiger partial charge in [0.2, 0.25) is 0 Å². The Morgan fingerprint density at radius 3 is 2.45 bits per heavy atom. The lowest BCUT2D eigenvalue weighted by Gasteiger charge is -2.25. The molecule has 3 aromatic rings. The Hall–Kier alpha value is -2.69. The molecule has 0 radical (unpaired) electrons. The molecular formula is C23H21Br2N3O4S. The molecule has 0 fully saturated rings. The number of carbonyl (C=O) groups excluding carboxylic acids is 1. The molecule has 7 nitrogen and oxygen atoms in total. The molecule has 0 unspecified atom stereocenters. The molecule has 10 heteroatoms. The Morgan fingerprint density at radius 2 is 1.79 bits per heavy atom. The van der Waals surface area contributed by atoms with Gasteiger partial charge in [0, 0.05) is 10.0 Å². The van der Waals surface area contributed by atoms with Crippen LogP contribution in [0, 0.1) is 13.8 Å². The summed E-state index contributed by atoms with van der Waals surface area (Å²) in [6.07, 6.45) is 1.27. The first kappa shape index (κ1) is 24.9. The van der Waals surface area contributed by atoms with Crippen LogP contribution in [0.4, 0.5) is 5.69 Å². The van der Waals surface area contributed by atoms with Gasteiger partial charge in [0.15, 0.2) is 0 Å². The topological polar surface area (TPSA) is 99.1 Å². The second-order valence-electron chi connectivity index (χ2n) is 7.23. The second-order valence-corrected chi connectivity index (χ2v) is 10.9. The fourth-order valence-corrected chi connectivity index (χ4v) is 5.89. The van der Waals surface area contributed by atoms with Crippen molar-refractivity contribution < 1.29 is 18.3 Å². The van der Waals surface area contributed by atoms with E-state index < -0.39 is 22.5 Å². The highest BCUT2D eigenvalue weighted by Crippen LogP contribution is 2.30. The van der Waals surface area contributed by atoms with E-state index in [0.717, 1.165) is 15.4 Å². The summed E-state index contributed by atoms with van der Waals surface area (Å²) >= 11 is 6.55. The number of benzene rings is 3. The minimum Gasteiger partial charge on any atom is -0.506 e. The predicted octanol–water partition coefficient (Wildman–Crippen LogP) is 4.88. The average molecular weight is 595 g/mol. The van der Waals surface area contributed by atoms with Crippen LogP contribution >= 0.6 is 31.9 Å². The highest BCUT2D eigenvalue weighted by molar-refractivity contribution is 9.11. The number of nitrogens with one attached hydrogen (secondary N) is 1. The quantitative estimate of drug-likeness (QED) is 0.301. The third-order valence-electron chi connectivity index (χ3n) is 4.69. The van der Waals surface area contributed by atoms with E-state index >= 15 is 0 Å². The molecule has 0 aliphatic carbocycles. The van der Waals surface area contributed by atoms with Crippen LogP contribution in [-0.4, -0.2) is 32.2 Å². The number of halogens is 2. The molecule has 172 valence electrons. The molecule has 0 bridgehead atoms. The number of sulfonamides is 1. The summed E-state index contributed by atoms with van der Waals surface area (Å²) in [5, 5.41) is 14.0. The van der Waals surface area contributed by atoms with Crippen molar-refractivity contribution >= 4 is 59.7 Å². The molecule has 0 aromatic heterocycles. The van der Waals surface area contributed by atoms with Gasteiger partial charge in [0.1, 0.15) is 12.3 Å². The van der Waals surface area contributed by atoms with Gasteiger partial charge in [-0.15, -0.1) is 0 Å².